The van der Waals surface area contributed by atoms with Gasteiger partial charge in [0.25, 0.3) is 0 Å². The van der Waals surface area contributed by atoms with Gasteiger partial charge in [0.2, 0.25) is 0 Å². The van der Waals surface area contributed by atoms with Gasteiger partial charge >= 0.3 is 18.9 Å². The Kier molecular flexibility index (Phi) is 4.10. The summed E-state index contributed by atoms with van der Waals surface area (Å²) in [4.78, 5) is 4.65. The largest absolute Gasteiger partial charge is 1.00 e. The van der Waals surface area contributed by atoms with E-state index in [-0.39, 0.29) is 18.9 Å². The van der Waals surface area contributed by atoms with Crippen molar-refractivity contribution in [2.45, 2.75) is 0 Å². The van der Waals surface area contributed by atoms with Crippen LogP contribution in [0.2, 0.25) is 0 Å². The van der Waals surface area contributed by atoms with Crippen molar-refractivity contribution >= 4 is 0 Å². The van der Waals surface area contributed by atoms with E-state index in [1.807, 2.05) is 36.4 Å². The zero-order chi connectivity index (χ0) is 11.5. The van der Waals surface area contributed by atoms with Crippen molar-refractivity contribution < 1.29 is 18.9 Å². The summed E-state index contributed by atoms with van der Waals surface area (Å²) in [7, 11) is 0. The van der Waals surface area contributed by atoms with Gasteiger partial charge in [-0.25, -0.2) is 0 Å². The second-order valence-corrected chi connectivity index (χ2v) is 3.95. The van der Waals surface area contributed by atoms with Gasteiger partial charge in [-0.2, -0.15) is 0 Å². The SMILES string of the molecule is [Li+].c1ccc(-c2ccc(-c3ccccc3)[n-]2)cc1. The molecule has 0 radical (unpaired) electrons. The molecule has 0 aliphatic rings. The number of nitrogens with zero attached hydrogens (tertiary/aromatic N) is 1. The third kappa shape index (κ3) is 2.59. The molecule has 0 N–H and O–H groups in total. The predicted octanol–water partition coefficient (Wildman–Crippen LogP) is 0.982. The van der Waals surface area contributed by atoms with E-state index in [4.69, 9.17) is 0 Å². The molecular weight excluding hydrogens is 213 g/mol. The minimum Gasteiger partial charge on any atom is -0.657 e. The Morgan fingerprint density at radius 3 is 1.28 bits per heavy atom. The van der Waals surface area contributed by atoms with Gasteiger partial charge in [-0.1, -0.05) is 72.8 Å². The molecule has 0 fully saturated rings. The fourth-order valence-electron chi connectivity index (χ4n) is 1.90. The second-order valence-electron chi connectivity index (χ2n) is 3.95. The van der Waals surface area contributed by atoms with E-state index in [2.05, 4.69) is 41.4 Å². The Labute approximate surface area is 119 Å². The smallest absolute Gasteiger partial charge is 0.657 e. The van der Waals surface area contributed by atoms with Crippen LogP contribution in [0.3, 0.4) is 0 Å². The van der Waals surface area contributed by atoms with E-state index in [9.17, 15) is 0 Å². The van der Waals surface area contributed by atoms with Crippen molar-refractivity contribution in [2.75, 3.05) is 0 Å². The maximum absolute atomic E-state index is 4.65. The number of aromatic nitrogens is 1. The summed E-state index contributed by atoms with van der Waals surface area (Å²) < 4.78 is 0. The molecule has 1 nitrogen and oxygen atoms in total. The minimum atomic E-state index is 0. The molecule has 3 aromatic rings. The van der Waals surface area contributed by atoms with E-state index in [0.717, 1.165) is 22.5 Å². The molecule has 0 bridgehead atoms. The van der Waals surface area contributed by atoms with Crippen LogP contribution in [0.5, 0.6) is 0 Å². The average Bonchev–Trinajstić information content (AvgIpc) is 2.90. The minimum absolute atomic E-state index is 0. The van der Waals surface area contributed by atoms with Gasteiger partial charge in [0.15, 0.2) is 0 Å². The monoisotopic (exact) mass is 225 g/mol. The summed E-state index contributed by atoms with van der Waals surface area (Å²) >= 11 is 0. The third-order valence-corrected chi connectivity index (χ3v) is 2.78. The molecule has 0 atom stereocenters. The zero-order valence-corrected chi connectivity index (χ0v) is 10.4. The van der Waals surface area contributed by atoms with Gasteiger partial charge in [0.05, 0.1) is 0 Å². The third-order valence-electron chi connectivity index (χ3n) is 2.78. The second kappa shape index (κ2) is 5.78. The van der Waals surface area contributed by atoms with Crippen LogP contribution in [0.1, 0.15) is 0 Å². The Balaban J connectivity index is 0.00000120. The van der Waals surface area contributed by atoms with E-state index in [1.165, 1.54) is 0 Å². The molecular formula is C16H12LiN. The number of hydrogen-bond donors (Lipinski definition) is 0. The molecule has 0 saturated carbocycles. The van der Waals surface area contributed by atoms with E-state index < -0.39 is 0 Å². The zero-order valence-electron chi connectivity index (χ0n) is 10.4. The summed E-state index contributed by atoms with van der Waals surface area (Å²) in [6.07, 6.45) is 0. The average molecular weight is 225 g/mol. The molecule has 0 amide bonds. The molecule has 3 rings (SSSR count). The maximum Gasteiger partial charge on any atom is 1.00 e. The van der Waals surface area contributed by atoms with Gasteiger partial charge in [-0.15, -0.1) is 11.4 Å². The molecule has 0 spiro atoms. The summed E-state index contributed by atoms with van der Waals surface area (Å²) in [5.41, 5.74) is 4.39. The molecule has 0 saturated heterocycles. The fraction of sp³-hybridized carbons (Fsp3) is 0. The molecule has 0 unspecified atom stereocenters. The van der Waals surface area contributed by atoms with Gasteiger partial charge in [0, 0.05) is 0 Å². The first-order valence-corrected chi connectivity index (χ1v) is 5.68. The maximum atomic E-state index is 4.65. The standard InChI is InChI=1S/C16H12N.Li/c1-3-7-13(8-4-1)15-11-12-16(17-15)14-9-5-2-6-10-14;/h1-12H;/q-1;+1. The van der Waals surface area contributed by atoms with E-state index >= 15 is 0 Å². The van der Waals surface area contributed by atoms with Crippen LogP contribution < -0.4 is 23.8 Å². The van der Waals surface area contributed by atoms with Gasteiger partial charge in [0.1, 0.15) is 0 Å². The molecule has 1 heterocycles. The number of hydrogen-bond acceptors (Lipinski definition) is 0. The molecule has 82 valence electrons. The molecule has 1 aromatic heterocycles. The van der Waals surface area contributed by atoms with Crippen LogP contribution in [0.4, 0.5) is 0 Å². The summed E-state index contributed by atoms with van der Waals surface area (Å²) in [5.74, 6) is 0. The topological polar surface area (TPSA) is 14.1 Å². The first-order valence-electron chi connectivity index (χ1n) is 5.68. The van der Waals surface area contributed by atoms with Gasteiger partial charge in [-0.05, 0) is 11.1 Å². The summed E-state index contributed by atoms with van der Waals surface area (Å²) in [6, 6.07) is 24.6. The van der Waals surface area contributed by atoms with Crippen molar-refractivity contribution in [3.8, 4) is 22.5 Å². The molecule has 2 heteroatoms. The first-order chi connectivity index (χ1) is 8.43. The predicted molar refractivity (Wildman–Crippen MR) is 70.6 cm³/mol. The normalized spacial score (nSPS) is 9.78. The Morgan fingerprint density at radius 1 is 0.500 bits per heavy atom. The molecule has 18 heavy (non-hydrogen) atoms. The van der Waals surface area contributed by atoms with Crippen molar-refractivity contribution in [2.24, 2.45) is 0 Å². The van der Waals surface area contributed by atoms with Crippen molar-refractivity contribution in [1.29, 1.82) is 0 Å². The van der Waals surface area contributed by atoms with Crippen LogP contribution in [0, 0.1) is 0 Å². The summed E-state index contributed by atoms with van der Waals surface area (Å²) in [5, 5.41) is 0. The Bertz CT molecular complexity index is 545. The fourth-order valence-corrected chi connectivity index (χ4v) is 1.90. The summed E-state index contributed by atoms with van der Waals surface area (Å²) in [6.45, 7) is 0. The Morgan fingerprint density at radius 2 is 0.889 bits per heavy atom. The first kappa shape index (κ1) is 12.8. The molecule has 0 aliphatic heterocycles. The van der Waals surface area contributed by atoms with Gasteiger partial charge in [-0.3, -0.25) is 0 Å². The van der Waals surface area contributed by atoms with E-state index in [0.29, 0.717) is 0 Å². The molecule has 0 aliphatic carbocycles. The van der Waals surface area contributed by atoms with Crippen molar-refractivity contribution in [3.05, 3.63) is 72.8 Å². The van der Waals surface area contributed by atoms with Crippen LogP contribution in [0.25, 0.3) is 22.5 Å². The Hall–Kier alpha value is -1.68. The van der Waals surface area contributed by atoms with Crippen LogP contribution >= 0.6 is 0 Å². The quantitative estimate of drug-likeness (QED) is 0.593. The van der Waals surface area contributed by atoms with Crippen molar-refractivity contribution in [1.82, 2.24) is 4.98 Å². The van der Waals surface area contributed by atoms with E-state index in [1.54, 1.807) is 0 Å². The number of rotatable bonds is 2. The van der Waals surface area contributed by atoms with Gasteiger partial charge < -0.3 is 4.98 Å². The van der Waals surface area contributed by atoms with Crippen LogP contribution in [-0.4, -0.2) is 0 Å². The van der Waals surface area contributed by atoms with Crippen molar-refractivity contribution in [3.63, 3.8) is 0 Å². The van der Waals surface area contributed by atoms with Crippen LogP contribution in [0.15, 0.2) is 72.8 Å². The molecule has 2 aromatic carbocycles. The number of benzene rings is 2. The van der Waals surface area contributed by atoms with Crippen LogP contribution in [-0.2, 0) is 0 Å².